The van der Waals surface area contributed by atoms with Gasteiger partial charge >= 0.3 is 0 Å². The first kappa shape index (κ1) is 25.2. The molecule has 1 unspecified atom stereocenters. The predicted octanol–water partition coefficient (Wildman–Crippen LogP) is 4.96. The van der Waals surface area contributed by atoms with E-state index in [1.807, 2.05) is 60.7 Å². The van der Waals surface area contributed by atoms with Crippen LogP contribution in [0.4, 0.5) is 15.8 Å². The van der Waals surface area contributed by atoms with Gasteiger partial charge in [0.05, 0.1) is 38.2 Å². The molecule has 4 rings (SSSR count). The Morgan fingerprint density at radius 1 is 1.00 bits per heavy atom. The minimum atomic E-state index is -0.728. The van der Waals surface area contributed by atoms with Crippen LogP contribution in [0.25, 0.3) is 0 Å². The van der Waals surface area contributed by atoms with Gasteiger partial charge in [0.1, 0.15) is 5.82 Å². The molecule has 35 heavy (non-hydrogen) atoms. The number of rotatable bonds is 11. The average molecular weight is 479 g/mol. The summed E-state index contributed by atoms with van der Waals surface area (Å²) in [6, 6.07) is 23.2. The summed E-state index contributed by atoms with van der Waals surface area (Å²) < 4.78 is 26.3. The summed E-state index contributed by atoms with van der Waals surface area (Å²) in [5.41, 5.74) is 9.70. The molecule has 0 fully saturated rings. The summed E-state index contributed by atoms with van der Waals surface area (Å²) >= 11 is 0. The third-order valence-corrected chi connectivity index (χ3v) is 6.61. The lowest BCUT2D eigenvalue weighted by molar-refractivity contribution is 0.0215. The lowest BCUT2D eigenvalue weighted by atomic mass is 9.83. The Morgan fingerprint density at radius 2 is 1.60 bits per heavy atom. The first-order chi connectivity index (χ1) is 16.8. The Hall–Kier alpha value is -2.93. The molecule has 1 heterocycles. The van der Waals surface area contributed by atoms with E-state index in [9.17, 15) is 9.50 Å². The molecule has 3 N–H and O–H groups in total. The van der Waals surface area contributed by atoms with Crippen molar-refractivity contribution in [1.82, 2.24) is 0 Å². The number of ether oxygens (including phenoxy) is 2. The molecule has 0 saturated heterocycles. The number of aliphatic hydroxyl groups is 1. The molecule has 0 spiro atoms. The number of benzene rings is 3. The van der Waals surface area contributed by atoms with E-state index in [-0.39, 0.29) is 23.8 Å². The highest BCUT2D eigenvalue weighted by Crippen LogP contribution is 2.42. The minimum absolute atomic E-state index is 0.0123. The van der Waals surface area contributed by atoms with E-state index in [1.54, 1.807) is 6.07 Å². The number of fused-ring (bicyclic) bond motifs is 1. The summed E-state index contributed by atoms with van der Waals surface area (Å²) in [5.74, 6) is -0.442. The lowest BCUT2D eigenvalue weighted by Gasteiger charge is -2.40. The van der Waals surface area contributed by atoms with Crippen molar-refractivity contribution in [3.8, 4) is 0 Å². The number of hydrogen-bond acceptors (Lipinski definition) is 5. The number of anilines is 2. The number of β-amino-alcohol motifs (C(OH)–C–C–N with tert-alkyl or cyclic N) is 1. The van der Waals surface area contributed by atoms with Crippen LogP contribution in [0.15, 0.2) is 72.8 Å². The molecule has 0 amide bonds. The monoisotopic (exact) mass is 478 g/mol. The van der Waals surface area contributed by atoms with Crippen molar-refractivity contribution in [2.75, 3.05) is 30.4 Å². The van der Waals surface area contributed by atoms with Crippen LogP contribution in [-0.4, -0.2) is 37.0 Å². The van der Waals surface area contributed by atoms with Crippen molar-refractivity contribution < 1.29 is 19.0 Å². The van der Waals surface area contributed by atoms with E-state index in [0.29, 0.717) is 32.8 Å². The van der Waals surface area contributed by atoms with Gasteiger partial charge in [0.25, 0.3) is 0 Å². The molecule has 1 aliphatic rings. The van der Waals surface area contributed by atoms with Gasteiger partial charge in [-0.3, -0.25) is 0 Å². The van der Waals surface area contributed by atoms with Crippen LogP contribution in [-0.2, 0) is 29.1 Å². The molecule has 5 nitrogen and oxygen atoms in total. The van der Waals surface area contributed by atoms with Crippen LogP contribution in [0.2, 0.25) is 0 Å². The molecule has 2 atom stereocenters. The molecular weight excluding hydrogens is 443 g/mol. The van der Waals surface area contributed by atoms with Gasteiger partial charge in [0.2, 0.25) is 0 Å². The van der Waals surface area contributed by atoms with Gasteiger partial charge in [-0.25, -0.2) is 4.39 Å². The highest BCUT2D eigenvalue weighted by molar-refractivity contribution is 5.65. The summed E-state index contributed by atoms with van der Waals surface area (Å²) in [4.78, 5) is 2.10. The zero-order chi connectivity index (χ0) is 24.8. The van der Waals surface area contributed by atoms with Crippen molar-refractivity contribution in [3.05, 3.63) is 95.3 Å². The summed E-state index contributed by atoms with van der Waals surface area (Å²) in [5, 5.41) is 10.8. The number of nitrogen functional groups attached to an aromatic ring is 1. The fraction of sp³-hybridized carbons (Fsp3) is 0.379. The van der Waals surface area contributed by atoms with Crippen LogP contribution in [0.3, 0.4) is 0 Å². The maximum atomic E-state index is 14.4. The quantitative estimate of drug-likeness (QED) is 0.381. The molecule has 186 valence electrons. The van der Waals surface area contributed by atoms with Gasteiger partial charge in [-0.15, -0.1) is 0 Å². The summed E-state index contributed by atoms with van der Waals surface area (Å²) in [7, 11) is 0. The molecule has 1 aliphatic heterocycles. The number of aliphatic hydroxyl groups excluding tert-OH is 1. The zero-order valence-corrected chi connectivity index (χ0v) is 20.5. The first-order valence-electron chi connectivity index (χ1n) is 12.1. The number of nitrogens with zero attached hydrogens (tertiary/aromatic N) is 1. The minimum Gasteiger partial charge on any atom is -0.396 e. The second-order valence-electron chi connectivity index (χ2n) is 10.00. The molecule has 0 saturated carbocycles. The molecule has 3 aromatic carbocycles. The standard InChI is InChI=1S/C29H35FN2O3/c1-29(2,20-35-18-22-11-7-4-8-12-22)28-14-23-13-26(31)25(30)15-27(23)32(28)16-24(33)19-34-17-21-9-5-3-6-10-21/h3-13,15,24,28,33H,14,16-20,31H2,1-2H3/t24-,28?/m1/s1. The molecule has 0 aliphatic carbocycles. The second-order valence-corrected chi connectivity index (χ2v) is 10.00. The van der Waals surface area contributed by atoms with Gasteiger partial charge in [-0.1, -0.05) is 74.5 Å². The van der Waals surface area contributed by atoms with Crippen molar-refractivity contribution in [2.45, 2.75) is 45.6 Å². The zero-order valence-electron chi connectivity index (χ0n) is 20.5. The SMILES string of the molecule is CC(C)(COCc1ccccc1)C1Cc2cc(N)c(F)cc2N1C[C@@H](O)COCc1ccccc1. The molecular formula is C29H35FN2O3. The number of hydrogen-bond donors (Lipinski definition) is 2. The Bertz CT molecular complexity index is 1090. The van der Waals surface area contributed by atoms with Crippen LogP contribution in [0.1, 0.15) is 30.5 Å². The largest absolute Gasteiger partial charge is 0.396 e. The van der Waals surface area contributed by atoms with Crippen molar-refractivity contribution in [3.63, 3.8) is 0 Å². The number of nitrogens with two attached hydrogens (primary N) is 1. The van der Waals surface area contributed by atoms with E-state index < -0.39 is 11.9 Å². The summed E-state index contributed by atoms with van der Waals surface area (Å²) in [6.07, 6.45) is -0.0205. The van der Waals surface area contributed by atoms with Crippen molar-refractivity contribution >= 4 is 11.4 Å². The molecule has 6 heteroatoms. The Labute approximate surface area is 207 Å². The topological polar surface area (TPSA) is 68.0 Å². The van der Waals surface area contributed by atoms with Gasteiger partial charge in [0.15, 0.2) is 0 Å². The van der Waals surface area contributed by atoms with Crippen LogP contribution >= 0.6 is 0 Å². The van der Waals surface area contributed by atoms with Crippen LogP contribution in [0.5, 0.6) is 0 Å². The third-order valence-electron chi connectivity index (χ3n) is 6.61. The van der Waals surface area contributed by atoms with E-state index in [0.717, 1.165) is 22.4 Å². The molecule has 0 aromatic heterocycles. The second kappa shape index (κ2) is 11.2. The average Bonchev–Trinajstić information content (AvgIpc) is 3.18. The summed E-state index contributed by atoms with van der Waals surface area (Å²) in [6.45, 7) is 6.31. The third kappa shape index (κ3) is 6.40. The Morgan fingerprint density at radius 3 is 2.23 bits per heavy atom. The predicted molar refractivity (Wildman–Crippen MR) is 138 cm³/mol. The van der Waals surface area contributed by atoms with Gasteiger partial charge in [0, 0.05) is 23.7 Å². The van der Waals surface area contributed by atoms with Crippen LogP contribution in [0, 0.1) is 11.2 Å². The van der Waals surface area contributed by atoms with Crippen molar-refractivity contribution in [1.29, 1.82) is 0 Å². The van der Waals surface area contributed by atoms with Crippen LogP contribution < -0.4 is 10.6 Å². The van der Waals surface area contributed by atoms with E-state index in [4.69, 9.17) is 15.2 Å². The number of halogens is 1. The van der Waals surface area contributed by atoms with Gasteiger partial charge in [-0.05, 0) is 35.2 Å². The van der Waals surface area contributed by atoms with Crippen molar-refractivity contribution in [2.24, 2.45) is 5.41 Å². The highest BCUT2D eigenvalue weighted by Gasteiger charge is 2.41. The van der Waals surface area contributed by atoms with E-state index >= 15 is 0 Å². The fourth-order valence-electron chi connectivity index (χ4n) is 4.74. The lowest BCUT2D eigenvalue weighted by Crippen LogP contribution is -2.49. The highest BCUT2D eigenvalue weighted by atomic mass is 19.1. The molecule has 3 aromatic rings. The normalized spacial score (nSPS) is 16.3. The van der Waals surface area contributed by atoms with Gasteiger partial charge in [-0.2, -0.15) is 0 Å². The maximum Gasteiger partial charge on any atom is 0.148 e. The maximum absolute atomic E-state index is 14.4. The fourth-order valence-corrected chi connectivity index (χ4v) is 4.74. The first-order valence-corrected chi connectivity index (χ1v) is 12.1. The van der Waals surface area contributed by atoms with E-state index in [2.05, 4.69) is 18.7 Å². The molecule has 0 bridgehead atoms. The van der Waals surface area contributed by atoms with Gasteiger partial charge < -0.3 is 25.2 Å². The Kier molecular flexibility index (Phi) is 8.06. The van der Waals surface area contributed by atoms with E-state index in [1.165, 1.54) is 6.07 Å². The smallest absolute Gasteiger partial charge is 0.148 e. The molecule has 0 radical (unpaired) electrons. The Balaban J connectivity index is 1.43.